The van der Waals surface area contributed by atoms with E-state index < -0.39 is 0 Å². The predicted octanol–water partition coefficient (Wildman–Crippen LogP) is 6.26. The van der Waals surface area contributed by atoms with Crippen molar-refractivity contribution in [1.29, 1.82) is 0 Å². The molecule has 3 heterocycles. The Kier molecular flexibility index (Phi) is 5.44. The van der Waals surface area contributed by atoms with Crippen molar-refractivity contribution >= 4 is 45.7 Å². The summed E-state index contributed by atoms with van der Waals surface area (Å²) >= 11 is 0. The topological polar surface area (TPSA) is 42.8 Å². The molecule has 190 valence electrons. The fourth-order valence-electron chi connectivity index (χ4n) is 5.40. The van der Waals surface area contributed by atoms with E-state index in [-0.39, 0.29) is 7.05 Å². The maximum atomic E-state index is 6.43. The van der Waals surface area contributed by atoms with Gasteiger partial charge in [-0.15, -0.1) is 0 Å². The number of benzene rings is 4. The van der Waals surface area contributed by atoms with Gasteiger partial charge in [0.25, 0.3) is 0 Å². The highest BCUT2D eigenvalue weighted by Gasteiger charge is 2.35. The normalized spacial score (nSPS) is 12.6. The third kappa shape index (κ3) is 3.94. The SMILES string of the molecule is CN(C)c1ccnc(-n2c3ccccc3c3ccc(Oc4cccc(B5Oc6ccccc6N5C)c4)cc32)c1. The van der Waals surface area contributed by atoms with Gasteiger partial charge < -0.3 is 19.1 Å². The minimum Gasteiger partial charge on any atom is -0.536 e. The third-order valence-electron chi connectivity index (χ3n) is 7.33. The number of para-hydroxylation sites is 3. The Hall–Kier alpha value is -4.91. The van der Waals surface area contributed by atoms with Crippen LogP contribution in [0.25, 0.3) is 27.6 Å². The molecule has 7 rings (SSSR count). The molecule has 0 spiro atoms. The van der Waals surface area contributed by atoms with Gasteiger partial charge in [0.2, 0.25) is 0 Å². The van der Waals surface area contributed by atoms with Gasteiger partial charge in [0.05, 0.1) is 16.7 Å². The van der Waals surface area contributed by atoms with Crippen LogP contribution >= 0.6 is 0 Å². The Balaban J connectivity index is 1.27. The average Bonchev–Trinajstić information content (AvgIpc) is 3.48. The highest BCUT2D eigenvalue weighted by atomic mass is 16.5. The van der Waals surface area contributed by atoms with Crippen molar-refractivity contribution in [3.05, 3.63) is 109 Å². The number of hydrogen-bond acceptors (Lipinski definition) is 5. The average molecular weight is 510 g/mol. The number of rotatable bonds is 5. The Labute approximate surface area is 227 Å². The number of hydrogen-bond donors (Lipinski definition) is 0. The second kappa shape index (κ2) is 9.13. The van der Waals surface area contributed by atoms with Gasteiger partial charge in [0.15, 0.2) is 0 Å². The lowest BCUT2D eigenvalue weighted by molar-refractivity contribution is 0.483. The van der Waals surface area contributed by atoms with Crippen LogP contribution in [-0.4, -0.2) is 37.7 Å². The molecule has 0 N–H and O–H groups in total. The zero-order valence-electron chi connectivity index (χ0n) is 22.1. The van der Waals surface area contributed by atoms with Crippen molar-refractivity contribution in [1.82, 2.24) is 9.55 Å². The summed E-state index contributed by atoms with van der Waals surface area (Å²) < 4.78 is 14.9. The van der Waals surface area contributed by atoms with Gasteiger partial charge in [0.1, 0.15) is 23.1 Å². The van der Waals surface area contributed by atoms with Crippen LogP contribution in [0.5, 0.6) is 17.2 Å². The van der Waals surface area contributed by atoms with Gasteiger partial charge >= 0.3 is 7.05 Å². The highest BCUT2D eigenvalue weighted by molar-refractivity contribution is 6.73. The van der Waals surface area contributed by atoms with Gasteiger partial charge in [-0.3, -0.25) is 4.57 Å². The lowest BCUT2D eigenvalue weighted by Crippen LogP contribution is -2.47. The summed E-state index contributed by atoms with van der Waals surface area (Å²) in [5.74, 6) is 3.28. The molecule has 0 radical (unpaired) electrons. The lowest BCUT2D eigenvalue weighted by atomic mass is 9.72. The first-order valence-electron chi connectivity index (χ1n) is 13.0. The van der Waals surface area contributed by atoms with E-state index in [1.54, 1.807) is 0 Å². The second-order valence-electron chi connectivity index (χ2n) is 10.0. The van der Waals surface area contributed by atoms with E-state index >= 15 is 0 Å². The fourth-order valence-corrected chi connectivity index (χ4v) is 5.40. The number of fused-ring (bicyclic) bond motifs is 4. The summed E-state index contributed by atoms with van der Waals surface area (Å²) in [5.41, 5.74) is 5.36. The Morgan fingerprint density at radius 2 is 1.56 bits per heavy atom. The molecule has 0 aliphatic carbocycles. The van der Waals surface area contributed by atoms with Gasteiger partial charge in [-0.1, -0.05) is 42.5 Å². The summed E-state index contributed by atoms with van der Waals surface area (Å²) in [4.78, 5) is 8.97. The van der Waals surface area contributed by atoms with E-state index in [1.807, 2.05) is 62.8 Å². The molecule has 0 saturated heterocycles. The monoisotopic (exact) mass is 510 g/mol. The first-order valence-corrected chi connectivity index (χ1v) is 13.0. The Morgan fingerprint density at radius 3 is 2.44 bits per heavy atom. The first-order chi connectivity index (χ1) is 19.1. The van der Waals surface area contributed by atoms with Crippen LogP contribution in [0.4, 0.5) is 11.4 Å². The predicted molar refractivity (Wildman–Crippen MR) is 160 cm³/mol. The summed E-state index contributed by atoms with van der Waals surface area (Å²) in [6.07, 6.45) is 1.86. The first kappa shape index (κ1) is 23.2. The summed E-state index contributed by atoms with van der Waals surface area (Å²) in [7, 11) is 5.93. The van der Waals surface area contributed by atoms with Gasteiger partial charge in [-0.25, -0.2) is 4.98 Å². The van der Waals surface area contributed by atoms with E-state index in [9.17, 15) is 0 Å². The van der Waals surface area contributed by atoms with Crippen molar-refractivity contribution < 1.29 is 9.39 Å². The molecule has 2 aromatic heterocycles. The van der Waals surface area contributed by atoms with Crippen molar-refractivity contribution in [3.8, 4) is 23.1 Å². The van der Waals surface area contributed by atoms with Crippen molar-refractivity contribution in [3.63, 3.8) is 0 Å². The largest absolute Gasteiger partial charge is 0.536 e. The molecule has 4 aromatic carbocycles. The Morgan fingerprint density at radius 1 is 0.769 bits per heavy atom. The van der Waals surface area contributed by atoms with Crippen molar-refractivity contribution in [2.45, 2.75) is 0 Å². The summed E-state index contributed by atoms with van der Waals surface area (Å²) in [6.45, 7) is 0. The number of nitrogens with zero attached hydrogens (tertiary/aromatic N) is 4. The number of aromatic nitrogens is 2. The van der Waals surface area contributed by atoms with E-state index in [0.29, 0.717) is 0 Å². The van der Waals surface area contributed by atoms with E-state index in [2.05, 4.69) is 82.0 Å². The second-order valence-corrected chi connectivity index (χ2v) is 10.0. The van der Waals surface area contributed by atoms with E-state index in [4.69, 9.17) is 14.4 Å². The minimum atomic E-state index is -0.203. The number of ether oxygens (including phenoxy) is 1. The molecule has 0 atom stereocenters. The van der Waals surface area contributed by atoms with E-state index in [0.717, 1.165) is 56.3 Å². The van der Waals surface area contributed by atoms with Gasteiger partial charge in [-0.05, 0) is 61.0 Å². The Bertz CT molecular complexity index is 1850. The molecule has 1 aliphatic heterocycles. The zero-order chi connectivity index (χ0) is 26.5. The molecule has 0 saturated carbocycles. The molecular weight excluding hydrogens is 483 g/mol. The van der Waals surface area contributed by atoms with Crippen LogP contribution in [-0.2, 0) is 0 Å². The molecule has 0 fully saturated rings. The maximum Gasteiger partial charge on any atom is 0.519 e. The van der Waals surface area contributed by atoms with Crippen LogP contribution in [0.1, 0.15) is 0 Å². The molecule has 6 aromatic rings. The summed E-state index contributed by atoms with van der Waals surface area (Å²) in [6, 6.07) is 35.0. The van der Waals surface area contributed by atoms with Crippen LogP contribution in [0.2, 0.25) is 0 Å². The molecule has 7 heteroatoms. The number of pyridine rings is 1. The minimum absolute atomic E-state index is 0.203. The van der Waals surface area contributed by atoms with Gasteiger partial charge in [0, 0.05) is 48.9 Å². The quantitative estimate of drug-likeness (QED) is 0.256. The van der Waals surface area contributed by atoms with Crippen LogP contribution in [0.3, 0.4) is 0 Å². The molecular formula is C32H27BN4O2. The zero-order valence-corrected chi connectivity index (χ0v) is 22.1. The van der Waals surface area contributed by atoms with Crippen molar-refractivity contribution in [2.75, 3.05) is 30.9 Å². The smallest absolute Gasteiger partial charge is 0.519 e. The molecule has 6 nitrogen and oxygen atoms in total. The molecule has 0 unspecified atom stereocenters. The molecule has 1 aliphatic rings. The van der Waals surface area contributed by atoms with E-state index in [1.165, 1.54) is 5.39 Å². The highest BCUT2D eigenvalue weighted by Crippen LogP contribution is 2.36. The van der Waals surface area contributed by atoms with Crippen LogP contribution in [0.15, 0.2) is 109 Å². The maximum absolute atomic E-state index is 6.43. The number of anilines is 2. The van der Waals surface area contributed by atoms with Crippen LogP contribution in [0, 0.1) is 0 Å². The standard InChI is InChI=1S/C32H27BN4O2/c1-35(2)23-17-18-34-32(20-23)37-28-12-5-4-11-26(28)27-16-15-25(21-30(27)37)38-24-10-8-9-22(19-24)33-36(3)29-13-6-7-14-31(29)39-33/h4-21H,1-3H3. The molecule has 39 heavy (non-hydrogen) atoms. The summed E-state index contributed by atoms with van der Waals surface area (Å²) in [5, 5.41) is 2.33. The van der Waals surface area contributed by atoms with Crippen LogP contribution < -0.4 is 24.6 Å². The fraction of sp³-hybridized carbons (Fsp3) is 0.0938. The van der Waals surface area contributed by atoms with Gasteiger partial charge in [-0.2, -0.15) is 0 Å². The lowest BCUT2D eigenvalue weighted by Gasteiger charge is -2.17. The molecule has 0 bridgehead atoms. The third-order valence-corrected chi connectivity index (χ3v) is 7.33. The molecule has 0 amide bonds. The van der Waals surface area contributed by atoms with Crippen molar-refractivity contribution in [2.24, 2.45) is 0 Å².